The summed E-state index contributed by atoms with van der Waals surface area (Å²) < 4.78 is 6.63. The van der Waals surface area contributed by atoms with E-state index in [0.29, 0.717) is 12.2 Å². The van der Waals surface area contributed by atoms with Gasteiger partial charge in [-0.3, -0.25) is 9.59 Å². The fraction of sp³-hybridized carbons (Fsp3) is 0.364. The number of halogens is 1. The molecule has 3 rings (SSSR count). The average Bonchev–Trinajstić information content (AvgIpc) is 3.12. The van der Waals surface area contributed by atoms with Gasteiger partial charge in [0.15, 0.2) is 6.61 Å². The van der Waals surface area contributed by atoms with Crippen molar-refractivity contribution in [3.05, 3.63) is 58.6 Å². The SMILES string of the molecule is CC(CCc1ccc(Br)cc1)NC(=O)COc1ccc(N2CCCC2=O)cc1. The second-order valence-electron chi connectivity index (χ2n) is 7.07. The van der Waals surface area contributed by atoms with E-state index in [1.54, 1.807) is 17.0 Å². The van der Waals surface area contributed by atoms with Crippen molar-refractivity contribution >= 4 is 33.4 Å². The maximum absolute atomic E-state index is 12.1. The molecule has 1 saturated heterocycles. The van der Waals surface area contributed by atoms with Crippen LogP contribution in [0, 0.1) is 0 Å². The van der Waals surface area contributed by atoms with E-state index < -0.39 is 0 Å². The molecule has 1 unspecified atom stereocenters. The number of anilines is 1. The van der Waals surface area contributed by atoms with Gasteiger partial charge in [-0.15, -0.1) is 0 Å². The molecule has 0 saturated carbocycles. The summed E-state index contributed by atoms with van der Waals surface area (Å²) in [7, 11) is 0. The van der Waals surface area contributed by atoms with Crippen LogP contribution in [0.5, 0.6) is 5.75 Å². The fourth-order valence-corrected chi connectivity index (χ4v) is 3.48. The first-order chi connectivity index (χ1) is 13.5. The zero-order valence-corrected chi connectivity index (χ0v) is 17.6. The summed E-state index contributed by atoms with van der Waals surface area (Å²) in [5.74, 6) is 0.639. The predicted molar refractivity (Wildman–Crippen MR) is 114 cm³/mol. The highest BCUT2D eigenvalue weighted by molar-refractivity contribution is 9.10. The third-order valence-electron chi connectivity index (χ3n) is 4.78. The molecule has 1 N–H and O–H groups in total. The highest BCUT2D eigenvalue weighted by Crippen LogP contribution is 2.23. The van der Waals surface area contributed by atoms with Gasteiger partial charge in [0, 0.05) is 29.2 Å². The Hall–Kier alpha value is -2.34. The van der Waals surface area contributed by atoms with Crippen LogP contribution in [-0.4, -0.2) is 31.0 Å². The molecule has 1 atom stereocenters. The van der Waals surface area contributed by atoms with Gasteiger partial charge in [-0.2, -0.15) is 0 Å². The number of hydrogen-bond donors (Lipinski definition) is 1. The Morgan fingerprint density at radius 3 is 2.54 bits per heavy atom. The van der Waals surface area contributed by atoms with Gasteiger partial charge < -0.3 is 15.0 Å². The highest BCUT2D eigenvalue weighted by atomic mass is 79.9. The fourth-order valence-electron chi connectivity index (χ4n) is 3.22. The lowest BCUT2D eigenvalue weighted by Gasteiger charge is -2.16. The molecule has 28 heavy (non-hydrogen) atoms. The zero-order valence-electron chi connectivity index (χ0n) is 16.0. The number of amides is 2. The Balaban J connectivity index is 1.39. The van der Waals surface area contributed by atoms with Crippen LogP contribution < -0.4 is 15.0 Å². The first-order valence-electron chi connectivity index (χ1n) is 9.58. The molecular formula is C22H25BrN2O3. The van der Waals surface area contributed by atoms with Crippen molar-refractivity contribution in [3.8, 4) is 5.75 Å². The quantitative estimate of drug-likeness (QED) is 0.666. The van der Waals surface area contributed by atoms with E-state index in [2.05, 4.69) is 33.4 Å². The Morgan fingerprint density at radius 2 is 1.89 bits per heavy atom. The van der Waals surface area contributed by atoms with Crippen molar-refractivity contribution in [3.63, 3.8) is 0 Å². The molecule has 6 heteroatoms. The molecule has 0 aliphatic carbocycles. The summed E-state index contributed by atoms with van der Waals surface area (Å²) in [5.41, 5.74) is 2.12. The summed E-state index contributed by atoms with van der Waals surface area (Å²) in [6.07, 6.45) is 3.29. The Bertz CT molecular complexity index is 806. The molecule has 0 aromatic heterocycles. The van der Waals surface area contributed by atoms with Gasteiger partial charge in [0.05, 0.1) is 0 Å². The van der Waals surface area contributed by atoms with Crippen LogP contribution >= 0.6 is 15.9 Å². The standard InChI is InChI=1S/C22H25BrN2O3/c1-16(4-5-17-6-8-18(23)9-7-17)24-21(26)15-28-20-12-10-19(11-13-20)25-14-2-3-22(25)27/h6-13,16H,2-5,14-15H2,1H3,(H,24,26). The first-order valence-corrected chi connectivity index (χ1v) is 10.4. The van der Waals surface area contributed by atoms with Crippen molar-refractivity contribution in [2.75, 3.05) is 18.1 Å². The molecule has 5 nitrogen and oxygen atoms in total. The van der Waals surface area contributed by atoms with E-state index in [9.17, 15) is 9.59 Å². The van der Waals surface area contributed by atoms with Crippen molar-refractivity contribution in [1.82, 2.24) is 5.32 Å². The third kappa shape index (κ3) is 5.83. The molecule has 2 amide bonds. The van der Waals surface area contributed by atoms with E-state index in [4.69, 9.17) is 4.74 Å². The minimum absolute atomic E-state index is 0.0232. The molecule has 1 fully saturated rings. The number of hydrogen-bond acceptors (Lipinski definition) is 3. The molecule has 0 radical (unpaired) electrons. The Morgan fingerprint density at radius 1 is 1.18 bits per heavy atom. The molecule has 1 aliphatic heterocycles. The largest absolute Gasteiger partial charge is 0.484 e. The molecule has 0 spiro atoms. The molecular weight excluding hydrogens is 420 g/mol. The summed E-state index contributed by atoms with van der Waals surface area (Å²) in [6.45, 7) is 2.74. The zero-order chi connectivity index (χ0) is 19.9. The number of carbonyl (C=O) groups is 2. The number of ether oxygens (including phenoxy) is 1. The van der Waals surface area contributed by atoms with Gasteiger partial charge in [0.2, 0.25) is 5.91 Å². The van der Waals surface area contributed by atoms with Crippen molar-refractivity contribution in [1.29, 1.82) is 0 Å². The molecule has 1 aliphatic rings. The summed E-state index contributed by atoms with van der Waals surface area (Å²) in [5, 5.41) is 2.97. The number of benzene rings is 2. The van der Waals surface area contributed by atoms with Crippen molar-refractivity contribution in [2.45, 2.75) is 38.6 Å². The van der Waals surface area contributed by atoms with E-state index in [1.165, 1.54) is 5.56 Å². The molecule has 2 aromatic carbocycles. The smallest absolute Gasteiger partial charge is 0.258 e. The first kappa shape index (κ1) is 20.4. The third-order valence-corrected chi connectivity index (χ3v) is 5.31. The lowest BCUT2D eigenvalue weighted by atomic mass is 10.1. The summed E-state index contributed by atoms with van der Waals surface area (Å²) in [4.78, 5) is 25.7. The second-order valence-corrected chi connectivity index (χ2v) is 7.98. The van der Waals surface area contributed by atoms with E-state index in [-0.39, 0.29) is 24.5 Å². The minimum atomic E-state index is -0.137. The van der Waals surface area contributed by atoms with Gasteiger partial charge in [0.25, 0.3) is 5.91 Å². The number of carbonyl (C=O) groups excluding carboxylic acids is 2. The Labute approximate surface area is 174 Å². The maximum atomic E-state index is 12.1. The molecule has 2 aromatic rings. The maximum Gasteiger partial charge on any atom is 0.258 e. The number of nitrogens with zero attached hydrogens (tertiary/aromatic N) is 1. The second kappa shape index (κ2) is 9.73. The predicted octanol–water partition coefficient (Wildman–Crippen LogP) is 4.09. The summed E-state index contributed by atoms with van der Waals surface area (Å²) >= 11 is 3.43. The van der Waals surface area contributed by atoms with Gasteiger partial charge in [-0.05, 0) is 68.1 Å². The molecule has 148 valence electrons. The van der Waals surface area contributed by atoms with Gasteiger partial charge >= 0.3 is 0 Å². The normalized spacial score (nSPS) is 14.8. The van der Waals surface area contributed by atoms with Crippen LogP contribution in [0.2, 0.25) is 0 Å². The van der Waals surface area contributed by atoms with Crippen molar-refractivity contribution in [2.24, 2.45) is 0 Å². The van der Waals surface area contributed by atoms with Crippen LogP contribution in [0.4, 0.5) is 5.69 Å². The van der Waals surface area contributed by atoms with Crippen LogP contribution in [0.25, 0.3) is 0 Å². The van der Waals surface area contributed by atoms with E-state index in [0.717, 1.165) is 36.0 Å². The van der Waals surface area contributed by atoms with Crippen molar-refractivity contribution < 1.29 is 14.3 Å². The van der Waals surface area contributed by atoms with Crippen LogP contribution in [0.3, 0.4) is 0 Å². The highest BCUT2D eigenvalue weighted by Gasteiger charge is 2.21. The average molecular weight is 445 g/mol. The lowest BCUT2D eigenvalue weighted by molar-refractivity contribution is -0.123. The van der Waals surface area contributed by atoms with Crippen LogP contribution in [0.15, 0.2) is 53.0 Å². The van der Waals surface area contributed by atoms with E-state index >= 15 is 0 Å². The number of aryl methyl sites for hydroxylation is 1. The monoisotopic (exact) mass is 444 g/mol. The Kier molecular flexibility index (Phi) is 7.09. The number of nitrogens with one attached hydrogen (secondary N) is 1. The molecule has 1 heterocycles. The van der Waals surface area contributed by atoms with E-state index in [1.807, 2.05) is 31.2 Å². The lowest BCUT2D eigenvalue weighted by Crippen LogP contribution is -2.36. The van der Waals surface area contributed by atoms with Crippen LogP contribution in [-0.2, 0) is 16.0 Å². The minimum Gasteiger partial charge on any atom is -0.484 e. The van der Waals surface area contributed by atoms with Gasteiger partial charge in [-0.1, -0.05) is 28.1 Å². The summed E-state index contributed by atoms with van der Waals surface area (Å²) in [6, 6.07) is 15.6. The topological polar surface area (TPSA) is 58.6 Å². The van der Waals surface area contributed by atoms with Crippen LogP contribution in [0.1, 0.15) is 31.7 Å². The van der Waals surface area contributed by atoms with Gasteiger partial charge in [-0.25, -0.2) is 0 Å². The number of rotatable bonds is 8. The van der Waals surface area contributed by atoms with Gasteiger partial charge in [0.1, 0.15) is 5.75 Å². The molecule has 0 bridgehead atoms.